The number of allylic oxidation sites excluding steroid dienone is 1. The first kappa shape index (κ1) is 39.1. The Balaban J connectivity index is 3.36. The lowest BCUT2D eigenvalue weighted by atomic mass is 10.0. The highest BCUT2D eigenvalue weighted by molar-refractivity contribution is 5.83. The first-order valence-corrected chi connectivity index (χ1v) is 16.9. The molecule has 7 heteroatoms. The molecule has 0 fully saturated rings. The minimum Gasteiger partial charge on any atom is -0.441 e. The summed E-state index contributed by atoms with van der Waals surface area (Å²) in [6.07, 6.45) is 26.5. The molecule has 240 valence electrons. The Hall–Kier alpha value is -1.89. The lowest BCUT2D eigenvalue weighted by Crippen LogP contribution is -2.28. The van der Waals surface area contributed by atoms with Gasteiger partial charge in [0.15, 0.2) is 12.4 Å². The zero-order valence-electron chi connectivity index (χ0n) is 27.0. The van der Waals surface area contributed by atoms with E-state index in [-0.39, 0.29) is 24.9 Å². The second-order valence-electron chi connectivity index (χ2n) is 11.4. The Morgan fingerprint density at radius 1 is 0.610 bits per heavy atom. The van der Waals surface area contributed by atoms with Gasteiger partial charge in [0.2, 0.25) is 5.91 Å². The van der Waals surface area contributed by atoms with Gasteiger partial charge in [-0.2, -0.15) is 0 Å². The molecular formula is C34H64N2O5. The third-order valence-electron chi connectivity index (χ3n) is 7.45. The Morgan fingerprint density at radius 2 is 1.15 bits per heavy atom. The first-order chi connectivity index (χ1) is 20.0. The van der Waals surface area contributed by atoms with E-state index in [0.29, 0.717) is 26.1 Å². The fourth-order valence-corrected chi connectivity index (χ4v) is 4.59. The number of ketones is 1. The largest absolute Gasteiger partial charge is 0.441 e. The molecule has 0 saturated carbocycles. The molecule has 0 unspecified atom stereocenters. The summed E-state index contributed by atoms with van der Waals surface area (Å²) in [7, 11) is 0. The van der Waals surface area contributed by atoms with E-state index < -0.39 is 6.09 Å². The minimum atomic E-state index is -0.590. The van der Waals surface area contributed by atoms with Crippen LogP contribution in [-0.4, -0.2) is 50.7 Å². The van der Waals surface area contributed by atoms with Crippen molar-refractivity contribution in [3.8, 4) is 0 Å². The minimum absolute atomic E-state index is 0.0115. The number of alkyl carbamates (subject to hydrolysis) is 1. The summed E-state index contributed by atoms with van der Waals surface area (Å²) in [6, 6.07) is 0. The second kappa shape index (κ2) is 31.1. The Bertz CT molecular complexity index is 666. The van der Waals surface area contributed by atoms with Gasteiger partial charge in [-0.1, -0.05) is 121 Å². The molecule has 2 amide bonds. The summed E-state index contributed by atoms with van der Waals surface area (Å²) in [6.45, 7) is 7.75. The van der Waals surface area contributed by atoms with Gasteiger partial charge in [-0.3, -0.25) is 9.59 Å². The molecule has 0 aromatic rings. The number of amides is 2. The van der Waals surface area contributed by atoms with Crippen LogP contribution in [0.5, 0.6) is 0 Å². The molecule has 0 aliphatic rings. The second-order valence-corrected chi connectivity index (χ2v) is 11.4. The highest BCUT2D eigenvalue weighted by atomic mass is 16.6. The number of hydrogen-bond donors (Lipinski definition) is 2. The molecule has 0 spiro atoms. The Morgan fingerprint density at radius 3 is 1.71 bits per heavy atom. The lowest BCUT2D eigenvalue weighted by molar-refractivity contribution is -0.126. The smallest absolute Gasteiger partial charge is 0.407 e. The molecule has 0 bridgehead atoms. The van der Waals surface area contributed by atoms with Gasteiger partial charge >= 0.3 is 6.09 Å². The average molecular weight is 581 g/mol. The fourth-order valence-electron chi connectivity index (χ4n) is 4.59. The molecule has 41 heavy (non-hydrogen) atoms. The molecule has 0 saturated heterocycles. The topological polar surface area (TPSA) is 93.7 Å². The van der Waals surface area contributed by atoms with Crippen molar-refractivity contribution in [2.45, 2.75) is 156 Å². The van der Waals surface area contributed by atoms with Crippen LogP contribution in [0, 0.1) is 0 Å². The van der Waals surface area contributed by atoms with Gasteiger partial charge in [0, 0.05) is 26.1 Å². The standard InChI is InChI=1S/C34H64N2O5/c1-4-6-7-8-9-10-11-12-13-14-15-16-17-18-19-23-28-40-29-32(37)30-41-34(39)36-26-22-20-21-24-33(38)35-27-25-31(3)5-2/h5H,4,6-30H2,1-3H3,(H,35,38)(H,36,39)/b31-5-. The van der Waals surface area contributed by atoms with E-state index in [1.807, 2.05) is 6.92 Å². The predicted molar refractivity (Wildman–Crippen MR) is 170 cm³/mol. The number of nitrogens with one attached hydrogen (secondary N) is 2. The highest BCUT2D eigenvalue weighted by Gasteiger charge is 2.07. The van der Waals surface area contributed by atoms with Gasteiger partial charge < -0.3 is 20.1 Å². The Labute approximate surface area is 252 Å². The lowest BCUT2D eigenvalue weighted by Gasteiger charge is -2.08. The van der Waals surface area contributed by atoms with Gasteiger partial charge in [-0.25, -0.2) is 4.79 Å². The van der Waals surface area contributed by atoms with Crippen molar-refractivity contribution in [3.63, 3.8) is 0 Å². The number of hydrogen-bond acceptors (Lipinski definition) is 5. The monoisotopic (exact) mass is 580 g/mol. The van der Waals surface area contributed by atoms with Crippen molar-refractivity contribution < 1.29 is 23.9 Å². The number of carbonyl (C=O) groups is 3. The van der Waals surface area contributed by atoms with Crippen LogP contribution in [0.15, 0.2) is 11.6 Å². The molecule has 0 aliphatic carbocycles. The predicted octanol–water partition coefficient (Wildman–Crippen LogP) is 8.59. The molecule has 7 nitrogen and oxygen atoms in total. The van der Waals surface area contributed by atoms with E-state index in [4.69, 9.17) is 9.47 Å². The van der Waals surface area contributed by atoms with Gasteiger partial charge in [0.25, 0.3) is 0 Å². The summed E-state index contributed by atoms with van der Waals surface area (Å²) >= 11 is 0. The van der Waals surface area contributed by atoms with Crippen molar-refractivity contribution >= 4 is 17.8 Å². The molecule has 0 rings (SSSR count). The molecule has 0 heterocycles. The number of Topliss-reactive ketones (excluding diaryl/α,β-unsaturated/α-hetero) is 1. The number of unbranched alkanes of at least 4 members (excludes halogenated alkanes) is 17. The van der Waals surface area contributed by atoms with Crippen LogP contribution >= 0.6 is 0 Å². The number of ether oxygens (including phenoxy) is 2. The first-order valence-electron chi connectivity index (χ1n) is 16.9. The van der Waals surface area contributed by atoms with Gasteiger partial charge in [-0.05, 0) is 39.5 Å². The van der Waals surface area contributed by atoms with E-state index in [0.717, 1.165) is 38.5 Å². The molecule has 0 radical (unpaired) electrons. The third kappa shape index (κ3) is 30.9. The molecule has 2 N–H and O–H groups in total. The molecular weight excluding hydrogens is 516 g/mol. The van der Waals surface area contributed by atoms with Crippen LogP contribution in [0.25, 0.3) is 0 Å². The van der Waals surface area contributed by atoms with Gasteiger partial charge in [0.05, 0.1) is 0 Å². The molecule has 0 aromatic heterocycles. The average Bonchev–Trinajstić information content (AvgIpc) is 2.97. The number of rotatable bonds is 30. The van der Waals surface area contributed by atoms with Crippen LogP contribution in [0.1, 0.15) is 156 Å². The fraction of sp³-hybridized carbons (Fsp3) is 0.853. The van der Waals surface area contributed by atoms with Crippen LogP contribution in [0.2, 0.25) is 0 Å². The normalized spacial score (nSPS) is 11.4. The maximum Gasteiger partial charge on any atom is 0.407 e. The molecule has 0 aliphatic heterocycles. The van der Waals surface area contributed by atoms with Crippen molar-refractivity contribution in [2.24, 2.45) is 0 Å². The summed E-state index contributed by atoms with van der Waals surface area (Å²) in [5.74, 6) is -0.163. The zero-order valence-corrected chi connectivity index (χ0v) is 27.0. The maximum atomic E-state index is 11.9. The van der Waals surface area contributed by atoms with E-state index in [9.17, 15) is 14.4 Å². The van der Waals surface area contributed by atoms with Crippen molar-refractivity contribution in [1.29, 1.82) is 0 Å². The van der Waals surface area contributed by atoms with E-state index in [2.05, 4.69) is 30.6 Å². The highest BCUT2D eigenvalue weighted by Crippen LogP contribution is 2.13. The van der Waals surface area contributed by atoms with Crippen LogP contribution in [0.3, 0.4) is 0 Å². The maximum absolute atomic E-state index is 11.9. The van der Waals surface area contributed by atoms with Crippen molar-refractivity contribution in [1.82, 2.24) is 10.6 Å². The summed E-state index contributed by atoms with van der Waals surface area (Å²) in [5.41, 5.74) is 1.27. The SMILES string of the molecule is C/C=C(/C)CCNC(=O)CCCCCNC(=O)OCC(=O)COCCCCCCCCCCCCCCCCCC. The van der Waals surface area contributed by atoms with Crippen molar-refractivity contribution in [2.75, 3.05) is 32.9 Å². The quantitative estimate of drug-likeness (QED) is 0.0655. The van der Waals surface area contributed by atoms with Crippen LogP contribution in [-0.2, 0) is 19.1 Å². The van der Waals surface area contributed by atoms with E-state index >= 15 is 0 Å². The zero-order chi connectivity index (χ0) is 30.2. The van der Waals surface area contributed by atoms with Crippen molar-refractivity contribution in [3.05, 3.63) is 11.6 Å². The molecule has 0 aromatic carbocycles. The van der Waals surface area contributed by atoms with Gasteiger partial charge in [0.1, 0.15) is 6.61 Å². The van der Waals surface area contributed by atoms with E-state index in [1.165, 1.54) is 95.5 Å². The van der Waals surface area contributed by atoms with E-state index in [1.54, 1.807) is 0 Å². The molecule has 0 atom stereocenters. The summed E-state index contributed by atoms with van der Waals surface area (Å²) < 4.78 is 10.4. The van der Waals surface area contributed by atoms with Crippen LogP contribution in [0.4, 0.5) is 4.79 Å². The summed E-state index contributed by atoms with van der Waals surface area (Å²) in [4.78, 5) is 35.4. The summed E-state index contributed by atoms with van der Waals surface area (Å²) in [5, 5.41) is 5.56. The Kier molecular flexibility index (Phi) is 29.6. The van der Waals surface area contributed by atoms with Crippen LogP contribution < -0.4 is 10.6 Å². The number of carbonyl (C=O) groups excluding carboxylic acids is 3. The third-order valence-corrected chi connectivity index (χ3v) is 7.45. The van der Waals surface area contributed by atoms with Gasteiger partial charge in [-0.15, -0.1) is 0 Å².